The molecule has 3 aromatic rings. The van der Waals surface area contributed by atoms with Crippen LogP contribution in [-0.2, 0) is 0 Å². The molecule has 0 saturated heterocycles. The predicted molar refractivity (Wildman–Crippen MR) is 107 cm³/mol. The highest BCUT2D eigenvalue weighted by Crippen LogP contribution is 2.41. The Bertz CT molecular complexity index is 963. The number of nitrogens with one attached hydrogen (secondary N) is 1. The quantitative estimate of drug-likeness (QED) is 0.621. The Morgan fingerprint density at radius 1 is 1.21 bits per heavy atom. The number of ether oxygens (including phenoxy) is 1. The van der Waals surface area contributed by atoms with E-state index < -0.39 is 5.95 Å². The minimum Gasteiger partial charge on any atom is -0.494 e. The van der Waals surface area contributed by atoms with E-state index in [2.05, 4.69) is 15.4 Å². The third kappa shape index (κ3) is 3.47. The second kappa shape index (κ2) is 7.63. The summed E-state index contributed by atoms with van der Waals surface area (Å²) in [7, 11) is 0. The summed E-state index contributed by atoms with van der Waals surface area (Å²) in [5.41, 5.74) is 15.2. The van der Waals surface area contributed by atoms with E-state index in [0.717, 1.165) is 53.4 Å². The lowest BCUT2D eigenvalue weighted by atomic mass is 9.81. The molecule has 8 heteroatoms. The number of halogens is 1. The van der Waals surface area contributed by atoms with E-state index in [1.807, 2.05) is 31.2 Å². The van der Waals surface area contributed by atoms with Gasteiger partial charge in [0, 0.05) is 17.3 Å². The molecule has 5 N–H and O–H groups in total. The normalized spacial score (nSPS) is 19.7. The van der Waals surface area contributed by atoms with Crippen LogP contribution in [0.1, 0.15) is 44.1 Å². The third-order valence-electron chi connectivity index (χ3n) is 5.29. The zero-order valence-electron chi connectivity index (χ0n) is 15.9. The summed E-state index contributed by atoms with van der Waals surface area (Å²) in [4.78, 5) is 4.23. The monoisotopic (exact) mass is 384 g/mol. The summed E-state index contributed by atoms with van der Waals surface area (Å²) in [6.07, 6.45) is 4.86. The number of benzene rings is 1. The number of nitrogen functional groups attached to an aromatic ring is 1. The highest BCUT2D eigenvalue weighted by atomic mass is 19.1. The van der Waals surface area contributed by atoms with Crippen molar-refractivity contribution in [2.24, 2.45) is 5.73 Å². The van der Waals surface area contributed by atoms with Gasteiger partial charge in [0.05, 0.1) is 18.5 Å². The molecule has 0 bridgehead atoms. The smallest absolute Gasteiger partial charge is 0.234 e. The van der Waals surface area contributed by atoms with Gasteiger partial charge in [0.15, 0.2) is 5.65 Å². The Kier molecular flexibility index (Phi) is 5.04. The summed E-state index contributed by atoms with van der Waals surface area (Å²) in [6.45, 7) is 2.55. The standard InChI is InChI=1S/C20H25FN6O/c1-2-28-15-9-7-14(8-10-15)25-18-17(12-3-5-13(22)6-4-12)19(23)26-27-16(21)11-24-20(18)27/h7-13,25H,2-6,22H2,1H3,(H2,23,26). The second-order valence-electron chi connectivity index (χ2n) is 7.18. The molecule has 7 nitrogen and oxygen atoms in total. The van der Waals surface area contributed by atoms with E-state index >= 15 is 0 Å². The number of anilines is 3. The largest absolute Gasteiger partial charge is 0.494 e. The lowest BCUT2D eigenvalue weighted by Crippen LogP contribution is -2.26. The lowest BCUT2D eigenvalue weighted by molar-refractivity contribution is 0.340. The molecule has 1 aliphatic carbocycles. The minimum atomic E-state index is -0.548. The number of imidazole rings is 1. The summed E-state index contributed by atoms with van der Waals surface area (Å²) >= 11 is 0. The average Bonchev–Trinajstić information content (AvgIpc) is 3.05. The molecule has 28 heavy (non-hydrogen) atoms. The van der Waals surface area contributed by atoms with Crippen molar-refractivity contribution >= 4 is 22.8 Å². The van der Waals surface area contributed by atoms with Crippen LogP contribution in [0.2, 0.25) is 0 Å². The first-order valence-corrected chi connectivity index (χ1v) is 9.65. The van der Waals surface area contributed by atoms with Crippen LogP contribution in [0.4, 0.5) is 21.6 Å². The molecule has 0 unspecified atom stereocenters. The Labute approximate surface area is 162 Å². The van der Waals surface area contributed by atoms with Gasteiger partial charge in [-0.2, -0.15) is 8.91 Å². The molecule has 0 aliphatic heterocycles. The molecule has 1 aromatic carbocycles. The van der Waals surface area contributed by atoms with Crippen LogP contribution >= 0.6 is 0 Å². The topological polar surface area (TPSA) is 103 Å². The number of hydrogen-bond acceptors (Lipinski definition) is 6. The Morgan fingerprint density at radius 3 is 2.61 bits per heavy atom. The van der Waals surface area contributed by atoms with Gasteiger partial charge in [-0.3, -0.25) is 0 Å². The lowest BCUT2D eigenvalue weighted by Gasteiger charge is -2.28. The van der Waals surface area contributed by atoms with Crippen LogP contribution in [0.25, 0.3) is 5.65 Å². The van der Waals surface area contributed by atoms with E-state index in [1.165, 1.54) is 0 Å². The molecule has 1 aliphatic rings. The average molecular weight is 384 g/mol. The number of hydrogen-bond donors (Lipinski definition) is 3. The van der Waals surface area contributed by atoms with Crippen molar-refractivity contribution in [3.8, 4) is 5.75 Å². The number of fused-ring (bicyclic) bond motifs is 1. The van der Waals surface area contributed by atoms with Crippen molar-refractivity contribution in [3.05, 3.63) is 42.0 Å². The highest BCUT2D eigenvalue weighted by Gasteiger charge is 2.27. The second-order valence-corrected chi connectivity index (χ2v) is 7.18. The molecule has 148 valence electrons. The number of rotatable bonds is 5. The van der Waals surface area contributed by atoms with Gasteiger partial charge < -0.3 is 21.5 Å². The molecule has 1 saturated carbocycles. The number of nitrogens with two attached hydrogens (primary N) is 2. The van der Waals surface area contributed by atoms with E-state index in [9.17, 15) is 4.39 Å². The highest BCUT2D eigenvalue weighted by molar-refractivity contribution is 5.80. The molecule has 0 spiro atoms. The summed E-state index contributed by atoms with van der Waals surface area (Å²) in [5.74, 6) is 0.773. The van der Waals surface area contributed by atoms with Gasteiger partial charge in [-0.25, -0.2) is 4.98 Å². The van der Waals surface area contributed by atoms with Crippen LogP contribution in [0.5, 0.6) is 5.75 Å². The van der Waals surface area contributed by atoms with Gasteiger partial charge >= 0.3 is 0 Å². The van der Waals surface area contributed by atoms with Crippen LogP contribution in [-0.4, -0.2) is 27.2 Å². The zero-order valence-corrected chi connectivity index (χ0v) is 15.9. The van der Waals surface area contributed by atoms with Crippen LogP contribution < -0.4 is 21.5 Å². The Balaban J connectivity index is 1.76. The molecule has 2 heterocycles. The number of nitrogens with zero attached hydrogens (tertiary/aromatic N) is 3. The maximum Gasteiger partial charge on any atom is 0.234 e. The first kappa shape index (κ1) is 18.5. The Morgan fingerprint density at radius 2 is 1.93 bits per heavy atom. The predicted octanol–water partition coefficient (Wildman–Crippen LogP) is 3.58. The maximum atomic E-state index is 14.1. The van der Waals surface area contributed by atoms with Gasteiger partial charge in [0.25, 0.3) is 0 Å². The van der Waals surface area contributed by atoms with Gasteiger partial charge in [-0.1, -0.05) is 0 Å². The summed E-state index contributed by atoms with van der Waals surface area (Å²) in [6, 6.07) is 7.83. The van der Waals surface area contributed by atoms with E-state index in [0.29, 0.717) is 23.8 Å². The fraction of sp³-hybridized carbons (Fsp3) is 0.400. The maximum absolute atomic E-state index is 14.1. The SMILES string of the molecule is CCOc1ccc(Nc2c(C3CCC(N)CC3)c(N)nn3c(F)cnc23)cc1. The van der Waals surface area contributed by atoms with E-state index in [4.69, 9.17) is 16.2 Å². The summed E-state index contributed by atoms with van der Waals surface area (Å²) < 4.78 is 20.8. The van der Waals surface area contributed by atoms with Crippen molar-refractivity contribution in [2.75, 3.05) is 17.7 Å². The molecule has 0 atom stereocenters. The molecule has 4 rings (SSSR count). The molecule has 0 amide bonds. The van der Waals surface area contributed by atoms with Crippen LogP contribution in [0, 0.1) is 5.95 Å². The fourth-order valence-electron chi connectivity index (χ4n) is 3.89. The molecular weight excluding hydrogens is 359 g/mol. The van der Waals surface area contributed by atoms with Gasteiger partial charge in [-0.05, 0) is 62.8 Å². The zero-order chi connectivity index (χ0) is 19.7. The first-order valence-electron chi connectivity index (χ1n) is 9.65. The summed E-state index contributed by atoms with van der Waals surface area (Å²) in [5, 5.41) is 7.63. The van der Waals surface area contributed by atoms with Crippen LogP contribution in [0.3, 0.4) is 0 Å². The molecular formula is C20H25FN6O. The number of aromatic nitrogens is 3. The first-order chi connectivity index (χ1) is 13.6. The fourth-order valence-corrected chi connectivity index (χ4v) is 3.89. The van der Waals surface area contributed by atoms with Gasteiger partial charge in [0.2, 0.25) is 5.95 Å². The minimum absolute atomic E-state index is 0.210. The molecule has 1 fully saturated rings. The van der Waals surface area contributed by atoms with Gasteiger partial charge in [-0.15, -0.1) is 5.10 Å². The van der Waals surface area contributed by atoms with Crippen molar-refractivity contribution in [2.45, 2.75) is 44.6 Å². The molecule has 2 aromatic heterocycles. The third-order valence-corrected chi connectivity index (χ3v) is 5.29. The van der Waals surface area contributed by atoms with Gasteiger partial charge in [0.1, 0.15) is 11.6 Å². The van der Waals surface area contributed by atoms with E-state index in [1.54, 1.807) is 0 Å². The van der Waals surface area contributed by atoms with Crippen molar-refractivity contribution < 1.29 is 9.13 Å². The van der Waals surface area contributed by atoms with E-state index in [-0.39, 0.29) is 12.0 Å². The molecule has 0 radical (unpaired) electrons. The van der Waals surface area contributed by atoms with Crippen LogP contribution in [0.15, 0.2) is 30.5 Å². The van der Waals surface area contributed by atoms with Crippen molar-refractivity contribution in [3.63, 3.8) is 0 Å². The Hall–Kier alpha value is -2.87. The van der Waals surface area contributed by atoms with Crippen molar-refractivity contribution in [1.82, 2.24) is 14.6 Å². The van der Waals surface area contributed by atoms with Crippen molar-refractivity contribution in [1.29, 1.82) is 0 Å².